The van der Waals surface area contributed by atoms with Crippen LogP contribution in [-0.2, 0) is 0 Å². The highest BCUT2D eigenvalue weighted by Crippen LogP contribution is 2.47. The second-order valence-electron chi connectivity index (χ2n) is 14.6. The minimum Gasteiger partial charge on any atom is -0.319 e. The van der Waals surface area contributed by atoms with E-state index in [0.717, 1.165) is 88.2 Å². The van der Waals surface area contributed by atoms with Crippen LogP contribution in [0.5, 0.6) is 0 Å². The maximum absolute atomic E-state index is 10.1. The molecule has 0 saturated heterocycles. The molecule has 0 N–H and O–H groups in total. The third-order valence-electron chi connectivity index (χ3n) is 11.2. The summed E-state index contributed by atoms with van der Waals surface area (Å²) < 4.78 is 4.38. The lowest BCUT2D eigenvalue weighted by molar-refractivity contribution is 1.14. The Hall–Kier alpha value is -8.68. The monoisotopic (exact) mass is 750 g/mol. The van der Waals surface area contributed by atoms with Gasteiger partial charge in [0.15, 0.2) is 11.4 Å². The summed E-state index contributed by atoms with van der Waals surface area (Å²) >= 11 is 0. The Kier molecular flexibility index (Phi) is 8.14. The topological polar surface area (TPSA) is 46.7 Å². The molecule has 0 saturated carbocycles. The predicted octanol–water partition coefficient (Wildman–Crippen LogP) is 14.7. The van der Waals surface area contributed by atoms with Crippen LogP contribution in [0.3, 0.4) is 0 Å². The van der Waals surface area contributed by atoms with Crippen LogP contribution in [0.4, 0.5) is 17.1 Å². The molecule has 2 heterocycles. The lowest BCUT2D eigenvalue weighted by atomic mass is 9.97. The van der Waals surface area contributed by atoms with Gasteiger partial charge in [0.1, 0.15) is 0 Å². The highest BCUT2D eigenvalue weighted by atomic mass is 15.1. The van der Waals surface area contributed by atoms with Gasteiger partial charge >= 0.3 is 0 Å². The number of hydrogen-bond acceptors (Lipinski definition) is 1. The summed E-state index contributed by atoms with van der Waals surface area (Å²) in [6.07, 6.45) is 0. The molecule has 0 bridgehead atoms. The van der Waals surface area contributed by atoms with Crippen molar-refractivity contribution in [2.75, 3.05) is 0 Å². The average molecular weight is 751 g/mol. The van der Waals surface area contributed by atoms with Crippen LogP contribution in [0.25, 0.3) is 103 Å². The molecule has 0 fully saturated rings. The van der Waals surface area contributed by atoms with Crippen LogP contribution in [0.15, 0.2) is 164 Å². The van der Waals surface area contributed by atoms with E-state index in [0.29, 0.717) is 28.3 Å². The molecule has 0 unspecified atom stereocenters. The van der Waals surface area contributed by atoms with Gasteiger partial charge in [-0.3, -0.25) is 0 Å². The first-order chi connectivity index (χ1) is 29.0. The number of nitriles is 1. The second kappa shape index (κ2) is 13.8. The summed E-state index contributed by atoms with van der Waals surface area (Å²) in [6.45, 7) is 26.7. The fourth-order valence-corrected chi connectivity index (χ4v) is 8.73. The molecule has 0 spiro atoms. The normalized spacial score (nSPS) is 11.1. The summed E-state index contributed by atoms with van der Waals surface area (Å²) in [5.74, 6) is 0. The van der Waals surface area contributed by atoms with E-state index >= 15 is 0 Å². The predicted molar refractivity (Wildman–Crippen MR) is 240 cm³/mol. The number of aryl methyl sites for hydroxylation is 1. The number of para-hydroxylation sites is 4. The van der Waals surface area contributed by atoms with E-state index in [1.807, 2.05) is 97.9 Å². The van der Waals surface area contributed by atoms with Crippen molar-refractivity contribution < 1.29 is 0 Å². The van der Waals surface area contributed by atoms with Gasteiger partial charge in [-0.15, -0.1) is 0 Å². The SMILES string of the molecule is [C-]#[N+]c1ccccc1-c1ccc2c(c1)c1ccccc1n2-c1ccc(-c2cc(C)cc(C#N)c2)c(-n2c3ccccc3c3cc(-c4ccccc4[N+]#[C-])ccc32)c1[N+]#[C-]. The number of aromatic nitrogens is 2. The van der Waals surface area contributed by atoms with Crippen molar-refractivity contribution in [1.29, 1.82) is 5.26 Å². The Balaban J connectivity index is 1.31. The number of nitrogens with zero attached hydrogens (tertiary/aromatic N) is 6. The number of fused-ring (bicyclic) bond motifs is 6. The molecular weight excluding hydrogens is 721 g/mol. The van der Waals surface area contributed by atoms with E-state index in [9.17, 15) is 5.26 Å². The zero-order valence-corrected chi connectivity index (χ0v) is 31.8. The summed E-state index contributed by atoms with van der Waals surface area (Å²) in [7, 11) is 0. The van der Waals surface area contributed by atoms with Crippen LogP contribution in [0.2, 0.25) is 0 Å². The molecule has 6 heteroatoms. The van der Waals surface area contributed by atoms with Gasteiger partial charge in [-0.05, 0) is 100 Å². The van der Waals surface area contributed by atoms with Gasteiger partial charge in [-0.2, -0.15) is 5.26 Å². The van der Waals surface area contributed by atoms with Gasteiger partial charge in [0.2, 0.25) is 5.69 Å². The lowest BCUT2D eigenvalue weighted by Crippen LogP contribution is -2.03. The van der Waals surface area contributed by atoms with Gasteiger partial charge in [0.05, 0.1) is 64.8 Å². The molecule has 0 atom stereocenters. The van der Waals surface area contributed by atoms with E-state index in [2.05, 4.69) is 103 Å². The zero-order chi connectivity index (χ0) is 40.2. The van der Waals surface area contributed by atoms with Crippen molar-refractivity contribution in [2.45, 2.75) is 6.92 Å². The highest BCUT2D eigenvalue weighted by Gasteiger charge is 2.25. The fourth-order valence-electron chi connectivity index (χ4n) is 8.73. The van der Waals surface area contributed by atoms with Crippen molar-refractivity contribution in [3.8, 4) is 50.8 Å². The lowest BCUT2D eigenvalue weighted by Gasteiger charge is -2.20. The minimum absolute atomic E-state index is 0.456. The van der Waals surface area contributed by atoms with Crippen LogP contribution >= 0.6 is 0 Å². The van der Waals surface area contributed by atoms with Gasteiger partial charge in [0, 0.05) is 21.5 Å². The second-order valence-corrected chi connectivity index (χ2v) is 14.6. The summed E-state index contributed by atoms with van der Waals surface area (Å²) in [4.78, 5) is 12.0. The molecule has 59 heavy (non-hydrogen) atoms. The molecule has 272 valence electrons. The van der Waals surface area contributed by atoms with Crippen molar-refractivity contribution in [3.63, 3.8) is 0 Å². The van der Waals surface area contributed by atoms with Crippen molar-refractivity contribution in [1.82, 2.24) is 9.13 Å². The molecule has 0 amide bonds. The Morgan fingerprint density at radius 3 is 1.56 bits per heavy atom. The molecule has 10 rings (SSSR count). The largest absolute Gasteiger partial charge is 0.319 e. The molecule has 6 nitrogen and oxygen atoms in total. The molecule has 0 radical (unpaired) electrons. The van der Waals surface area contributed by atoms with Crippen LogP contribution in [0, 0.1) is 38.0 Å². The van der Waals surface area contributed by atoms with Gasteiger partial charge in [-0.1, -0.05) is 109 Å². The quantitative estimate of drug-likeness (QED) is 0.162. The Morgan fingerprint density at radius 1 is 0.458 bits per heavy atom. The van der Waals surface area contributed by atoms with E-state index in [1.165, 1.54) is 0 Å². The summed E-state index contributed by atoms with van der Waals surface area (Å²) in [5.41, 5.74) is 13.6. The van der Waals surface area contributed by atoms with Gasteiger partial charge < -0.3 is 9.13 Å². The molecule has 10 aromatic rings. The highest BCUT2D eigenvalue weighted by molar-refractivity contribution is 6.14. The molecule has 2 aromatic heterocycles. The third-order valence-corrected chi connectivity index (χ3v) is 11.2. The smallest absolute Gasteiger partial charge is 0.234 e. The maximum Gasteiger partial charge on any atom is 0.234 e. The van der Waals surface area contributed by atoms with E-state index in [1.54, 1.807) is 0 Å². The zero-order valence-electron chi connectivity index (χ0n) is 31.8. The van der Waals surface area contributed by atoms with E-state index in [-0.39, 0.29) is 0 Å². The Morgan fingerprint density at radius 2 is 0.983 bits per heavy atom. The average Bonchev–Trinajstić information content (AvgIpc) is 3.80. The number of hydrogen-bond donors (Lipinski definition) is 0. The summed E-state index contributed by atoms with van der Waals surface area (Å²) in [5, 5.41) is 14.1. The molecule has 0 aliphatic heterocycles. The van der Waals surface area contributed by atoms with Crippen LogP contribution in [-0.4, -0.2) is 9.13 Å². The Bertz CT molecular complexity index is 3570. The molecule has 8 aromatic carbocycles. The van der Waals surface area contributed by atoms with Crippen molar-refractivity contribution >= 4 is 60.7 Å². The van der Waals surface area contributed by atoms with Crippen molar-refractivity contribution in [3.05, 3.63) is 209 Å². The molecule has 0 aliphatic rings. The first-order valence-corrected chi connectivity index (χ1v) is 19.1. The van der Waals surface area contributed by atoms with Gasteiger partial charge in [0.25, 0.3) is 0 Å². The Labute approximate surface area is 340 Å². The van der Waals surface area contributed by atoms with Gasteiger partial charge in [-0.25, -0.2) is 14.5 Å². The third kappa shape index (κ3) is 5.45. The maximum atomic E-state index is 10.1. The van der Waals surface area contributed by atoms with E-state index < -0.39 is 0 Å². The van der Waals surface area contributed by atoms with E-state index in [4.69, 9.17) is 19.7 Å². The standard InChI is InChI=1S/C53H30N6/c1-33-27-34(32-54)29-37(28-33)40-23-26-51(58-47-19-11-7-15-41(47)43-30-35(21-24-49(43)58)38-13-5-9-17-45(38)55-2)52(57-4)53(40)59-48-20-12-8-16-42(48)44-31-36(22-25-50(44)59)39-14-6-10-18-46(39)56-3/h5-31H,1H3. The molecular formula is C53H30N6. The van der Waals surface area contributed by atoms with Crippen molar-refractivity contribution in [2.24, 2.45) is 0 Å². The first-order valence-electron chi connectivity index (χ1n) is 19.1. The molecule has 0 aliphatic carbocycles. The van der Waals surface area contributed by atoms with Crippen LogP contribution < -0.4 is 0 Å². The van der Waals surface area contributed by atoms with Crippen LogP contribution in [0.1, 0.15) is 11.1 Å². The fraction of sp³-hybridized carbons (Fsp3) is 0.0189. The minimum atomic E-state index is 0.456. The number of rotatable bonds is 5. The number of benzene rings is 8. The first kappa shape index (κ1) is 34.8. The summed E-state index contributed by atoms with van der Waals surface area (Å²) in [6, 6.07) is 56.7.